The Hall–Kier alpha value is -1.79. The van der Waals surface area contributed by atoms with Crippen LogP contribution in [0.15, 0.2) is 0 Å². The van der Waals surface area contributed by atoms with Crippen LogP contribution in [0.25, 0.3) is 0 Å². The van der Waals surface area contributed by atoms with Crippen molar-refractivity contribution in [2.75, 3.05) is 19.8 Å². The van der Waals surface area contributed by atoms with Crippen molar-refractivity contribution in [1.29, 1.82) is 0 Å². The topological polar surface area (TPSA) is 82.1 Å². The van der Waals surface area contributed by atoms with Gasteiger partial charge in [0.15, 0.2) is 0 Å². The summed E-state index contributed by atoms with van der Waals surface area (Å²) in [6, 6.07) is -0.362. The first kappa shape index (κ1) is 21.2. The first-order valence-corrected chi connectivity index (χ1v) is 7.91. The van der Waals surface area contributed by atoms with E-state index in [4.69, 9.17) is 14.2 Å². The van der Waals surface area contributed by atoms with E-state index < -0.39 is 17.7 Å². The average Bonchev–Trinajstić information content (AvgIpc) is 2.41. The lowest BCUT2D eigenvalue weighted by molar-refractivity contribution is -0.145. The van der Waals surface area contributed by atoms with E-state index in [1.54, 1.807) is 41.5 Å². The van der Waals surface area contributed by atoms with Gasteiger partial charge >= 0.3 is 18.0 Å². The van der Waals surface area contributed by atoms with Crippen molar-refractivity contribution in [3.8, 4) is 0 Å². The van der Waals surface area contributed by atoms with Crippen molar-refractivity contribution in [3.05, 3.63) is 0 Å². The number of ether oxygens (including phenoxy) is 3. The molecule has 0 aliphatic heterocycles. The number of nitrogens with zero attached hydrogens (tertiary/aromatic N) is 1. The summed E-state index contributed by atoms with van der Waals surface area (Å²) in [5.74, 6) is -0.846. The molecule has 0 rings (SSSR count). The molecule has 1 amide bonds. The van der Waals surface area contributed by atoms with E-state index in [1.165, 1.54) is 4.90 Å². The lowest BCUT2D eigenvalue weighted by Crippen LogP contribution is -2.45. The molecule has 7 heteroatoms. The third-order valence-corrected chi connectivity index (χ3v) is 2.84. The molecule has 0 aromatic rings. The zero-order valence-electron chi connectivity index (χ0n) is 15.0. The largest absolute Gasteiger partial charge is 0.466 e. The third-order valence-electron chi connectivity index (χ3n) is 2.84. The molecule has 134 valence electrons. The van der Waals surface area contributed by atoms with E-state index in [2.05, 4.69) is 0 Å². The van der Waals surface area contributed by atoms with E-state index in [0.29, 0.717) is 13.0 Å². The van der Waals surface area contributed by atoms with Gasteiger partial charge in [-0.15, -0.1) is 0 Å². The predicted molar refractivity (Wildman–Crippen MR) is 84.9 cm³/mol. The highest BCUT2D eigenvalue weighted by Crippen LogP contribution is 2.15. The highest BCUT2D eigenvalue weighted by molar-refractivity contribution is 5.78. The maximum absolute atomic E-state index is 12.3. The number of esters is 2. The second kappa shape index (κ2) is 10.1. The Kier molecular flexibility index (Phi) is 9.29. The lowest BCUT2D eigenvalue weighted by atomic mass is 10.1. The molecule has 0 fully saturated rings. The van der Waals surface area contributed by atoms with Gasteiger partial charge in [-0.1, -0.05) is 0 Å². The molecule has 0 unspecified atom stereocenters. The minimum Gasteiger partial charge on any atom is -0.466 e. The van der Waals surface area contributed by atoms with Crippen LogP contribution in [0, 0.1) is 0 Å². The normalized spacial score (nSPS) is 12.3. The maximum Gasteiger partial charge on any atom is 0.411 e. The predicted octanol–water partition coefficient (Wildman–Crippen LogP) is 2.52. The van der Waals surface area contributed by atoms with Gasteiger partial charge in [0.05, 0.1) is 13.2 Å². The summed E-state index contributed by atoms with van der Waals surface area (Å²) in [6.07, 6.45) is -0.0730. The molecule has 0 radical (unpaired) electrons. The van der Waals surface area contributed by atoms with Gasteiger partial charge in [-0.05, 0) is 48.0 Å². The van der Waals surface area contributed by atoms with Gasteiger partial charge in [0.2, 0.25) is 0 Å². The van der Waals surface area contributed by atoms with Crippen LogP contribution < -0.4 is 0 Å². The van der Waals surface area contributed by atoms with Crippen LogP contribution in [0.1, 0.15) is 54.4 Å². The molecule has 0 heterocycles. The smallest absolute Gasteiger partial charge is 0.411 e. The molecule has 0 saturated heterocycles. The van der Waals surface area contributed by atoms with Crippen LogP contribution in [0.5, 0.6) is 0 Å². The average molecular weight is 331 g/mol. The number of carbonyl (C=O) groups is 3. The van der Waals surface area contributed by atoms with Crippen molar-refractivity contribution in [1.82, 2.24) is 4.90 Å². The van der Waals surface area contributed by atoms with Crippen molar-refractivity contribution in [2.24, 2.45) is 0 Å². The summed E-state index contributed by atoms with van der Waals surface area (Å²) in [6.45, 7) is 10.7. The SMILES string of the molecule is CCOC(=O)CC[C@@H](C)N(CC(=O)OCC)C(=O)OC(C)(C)C. The number of hydrogen-bond donors (Lipinski definition) is 0. The van der Waals surface area contributed by atoms with Gasteiger partial charge in [0.25, 0.3) is 0 Å². The fraction of sp³-hybridized carbons (Fsp3) is 0.812. The zero-order chi connectivity index (χ0) is 18.0. The van der Waals surface area contributed by atoms with Gasteiger partial charge in [-0.2, -0.15) is 0 Å². The Morgan fingerprint density at radius 3 is 2.00 bits per heavy atom. The van der Waals surface area contributed by atoms with Gasteiger partial charge in [-0.25, -0.2) is 4.79 Å². The molecule has 0 saturated carbocycles. The summed E-state index contributed by atoms with van der Waals surface area (Å²) in [7, 11) is 0. The molecule has 0 N–H and O–H groups in total. The molecule has 0 aromatic heterocycles. The Labute approximate surface area is 138 Å². The van der Waals surface area contributed by atoms with E-state index in [-0.39, 0.29) is 31.6 Å². The summed E-state index contributed by atoms with van der Waals surface area (Å²) in [4.78, 5) is 36.7. The van der Waals surface area contributed by atoms with Gasteiger partial charge in [0, 0.05) is 12.5 Å². The number of amides is 1. The van der Waals surface area contributed by atoms with Crippen molar-refractivity contribution in [2.45, 2.75) is 66.0 Å². The summed E-state index contributed by atoms with van der Waals surface area (Å²) < 4.78 is 15.1. The first-order valence-electron chi connectivity index (χ1n) is 7.91. The molecule has 0 aliphatic carbocycles. The molecule has 0 aromatic carbocycles. The van der Waals surface area contributed by atoms with Crippen molar-refractivity contribution in [3.63, 3.8) is 0 Å². The van der Waals surface area contributed by atoms with Crippen LogP contribution in [0.3, 0.4) is 0 Å². The van der Waals surface area contributed by atoms with Crippen LogP contribution in [-0.4, -0.2) is 54.3 Å². The lowest BCUT2D eigenvalue weighted by Gasteiger charge is -2.31. The van der Waals surface area contributed by atoms with Gasteiger partial charge < -0.3 is 14.2 Å². The van der Waals surface area contributed by atoms with Gasteiger partial charge in [-0.3, -0.25) is 14.5 Å². The fourth-order valence-electron chi connectivity index (χ4n) is 1.78. The molecular formula is C16H29NO6. The highest BCUT2D eigenvalue weighted by Gasteiger charge is 2.28. The van der Waals surface area contributed by atoms with Gasteiger partial charge in [0.1, 0.15) is 12.1 Å². The van der Waals surface area contributed by atoms with Crippen molar-refractivity contribution >= 4 is 18.0 Å². The van der Waals surface area contributed by atoms with E-state index in [1.807, 2.05) is 0 Å². The Morgan fingerprint density at radius 1 is 1.00 bits per heavy atom. The summed E-state index contributed by atoms with van der Waals surface area (Å²) in [5, 5.41) is 0. The zero-order valence-corrected chi connectivity index (χ0v) is 15.0. The van der Waals surface area contributed by atoms with E-state index in [9.17, 15) is 14.4 Å². The molecule has 7 nitrogen and oxygen atoms in total. The van der Waals surface area contributed by atoms with Crippen LogP contribution in [0.2, 0.25) is 0 Å². The summed E-state index contributed by atoms with van der Waals surface area (Å²) in [5.41, 5.74) is -0.676. The quantitative estimate of drug-likeness (QED) is 0.502. The Morgan fingerprint density at radius 2 is 1.52 bits per heavy atom. The Balaban J connectivity index is 4.84. The minimum absolute atomic E-state index is 0.164. The molecule has 1 atom stereocenters. The van der Waals surface area contributed by atoms with E-state index >= 15 is 0 Å². The monoisotopic (exact) mass is 331 g/mol. The molecule has 0 spiro atoms. The third kappa shape index (κ3) is 9.76. The number of carbonyl (C=O) groups excluding carboxylic acids is 3. The summed E-state index contributed by atoms with van der Waals surface area (Å²) >= 11 is 0. The fourth-order valence-corrected chi connectivity index (χ4v) is 1.78. The molecule has 23 heavy (non-hydrogen) atoms. The highest BCUT2D eigenvalue weighted by atomic mass is 16.6. The molecule has 0 bridgehead atoms. The second-order valence-electron chi connectivity index (χ2n) is 6.11. The van der Waals surface area contributed by atoms with E-state index in [0.717, 1.165) is 0 Å². The molecule has 0 aliphatic rings. The van der Waals surface area contributed by atoms with Crippen LogP contribution in [0.4, 0.5) is 4.79 Å². The van der Waals surface area contributed by atoms with Crippen LogP contribution in [-0.2, 0) is 23.8 Å². The standard InChI is InChI=1S/C16H29NO6/c1-7-21-13(18)10-9-12(3)17(11-14(19)22-8-2)15(20)23-16(4,5)6/h12H,7-11H2,1-6H3/t12-/m1/s1. The number of hydrogen-bond acceptors (Lipinski definition) is 6. The first-order chi connectivity index (χ1) is 10.6. The minimum atomic E-state index is -0.676. The second-order valence-corrected chi connectivity index (χ2v) is 6.11. The van der Waals surface area contributed by atoms with Crippen molar-refractivity contribution < 1.29 is 28.6 Å². The van der Waals surface area contributed by atoms with Crippen LogP contribution >= 0.6 is 0 Å². The maximum atomic E-state index is 12.3. The molecular weight excluding hydrogens is 302 g/mol. The number of rotatable bonds is 8. The Bertz CT molecular complexity index is 402.